The van der Waals surface area contributed by atoms with Crippen LogP contribution in [0.4, 0.5) is 4.79 Å². The Morgan fingerprint density at radius 2 is 2.20 bits per heavy atom. The van der Waals surface area contributed by atoms with Gasteiger partial charge in [-0.1, -0.05) is 13.3 Å². The molecule has 0 saturated carbocycles. The topological polar surface area (TPSA) is 96.3 Å². The van der Waals surface area contributed by atoms with E-state index in [1.54, 1.807) is 4.68 Å². The highest BCUT2D eigenvalue weighted by Gasteiger charge is 2.12. The van der Waals surface area contributed by atoms with E-state index in [1.807, 2.05) is 26.2 Å². The highest BCUT2D eigenvalue weighted by Crippen LogP contribution is 2.06. The summed E-state index contributed by atoms with van der Waals surface area (Å²) in [7, 11) is 1.84. The van der Waals surface area contributed by atoms with Crippen LogP contribution in [0.2, 0.25) is 0 Å². The molecule has 7 nitrogen and oxygen atoms in total. The van der Waals surface area contributed by atoms with Gasteiger partial charge < -0.3 is 15.7 Å². The van der Waals surface area contributed by atoms with E-state index < -0.39 is 5.97 Å². The van der Waals surface area contributed by atoms with Crippen molar-refractivity contribution in [1.82, 2.24) is 20.4 Å². The van der Waals surface area contributed by atoms with Gasteiger partial charge in [0.15, 0.2) is 0 Å². The molecule has 0 aliphatic carbocycles. The molecule has 1 rings (SSSR count). The number of carboxylic acids is 1. The molecule has 7 heteroatoms. The van der Waals surface area contributed by atoms with E-state index in [0.717, 1.165) is 12.1 Å². The van der Waals surface area contributed by atoms with Crippen molar-refractivity contribution in [3.63, 3.8) is 0 Å². The van der Waals surface area contributed by atoms with Gasteiger partial charge >= 0.3 is 12.0 Å². The third-order valence-corrected chi connectivity index (χ3v) is 3.03. The van der Waals surface area contributed by atoms with Crippen LogP contribution in [0.25, 0.3) is 0 Å². The molecule has 20 heavy (non-hydrogen) atoms. The smallest absolute Gasteiger partial charge is 0.314 e. The van der Waals surface area contributed by atoms with Crippen LogP contribution in [-0.2, 0) is 18.3 Å². The number of hydrogen-bond acceptors (Lipinski definition) is 3. The molecule has 0 aliphatic heterocycles. The van der Waals surface area contributed by atoms with Gasteiger partial charge in [0.05, 0.1) is 5.69 Å². The number of carboxylic acid groups (broad SMARTS) is 1. The lowest BCUT2D eigenvalue weighted by molar-refractivity contribution is -0.138. The van der Waals surface area contributed by atoms with Crippen molar-refractivity contribution in [1.29, 1.82) is 0 Å². The van der Waals surface area contributed by atoms with Gasteiger partial charge in [-0.05, 0) is 12.0 Å². The first-order chi connectivity index (χ1) is 9.51. The predicted molar refractivity (Wildman–Crippen MR) is 74.3 cm³/mol. The van der Waals surface area contributed by atoms with Gasteiger partial charge in [0.2, 0.25) is 0 Å². The fourth-order valence-electron chi connectivity index (χ4n) is 1.81. The van der Waals surface area contributed by atoms with Crippen molar-refractivity contribution in [2.75, 3.05) is 13.1 Å². The fourth-order valence-corrected chi connectivity index (χ4v) is 1.81. The van der Waals surface area contributed by atoms with Crippen LogP contribution >= 0.6 is 0 Å². The maximum atomic E-state index is 11.5. The quantitative estimate of drug-likeness (QED) is 0.656. The zero-order valence-corrected chi connectivity index (χ0v) is 11.9. The van der Waals surface area contributed by atoms with E-state index in [2.05, 4.69) is 15.7 Å². The number of aryl methyl sites for hydroxylation is 1. The van der Waals surface area contributed by atoms with Crippen LogP contribution in [0.1, 0.15) is 25.5 Å². The molecular weight excluding hydrogens is 260 g/mol. The third kappa shape index (κ3) is 6.21. The second-order valence-corrected chi connectivity index (χ2v) is 4.74. The minimum Gasteiger partial charge on any atom is -0.481 e. The molecule has 1 aromatic rings. The Balaban J connectivity index is 2.18. The zero-order chi connectivity index (χ0) is 15.0. The molecule has 2 amide bonds. The second kappa shape index (κ2) is 8.19. The summed E-state index contributed by atoms with van der Waals surface area (Å²) in [4.78, 5) is 22.2. The molecule has 0 radical (unpaired) electrons. The van der Waals surface area contributed by atoms with Crippen LogP contribution in [0, 0.1) is 5.92 Å². The highest BCUT2D eigenvalue weighted by atomic mass is 16.4. The number of urea groups is 1. The molecule has 0 spiro atoms. The van der Waals surface area contributed by atoms with Gasteiger partial charge in [-0.3, -0.25) is 9.48 Å². The SMILES string of the molecule is CCC(CNC(=O)NCCc1ccn(C)n1)CC(=O)O. The van der Waals surface area contributed by atoms with Gasteiger partial charge in [0, 0.05) is 39.2 Å². The Hall–Kier alpha value is -2.05. The van der Waals surface area contributed by atoms with Crippen LogP contribution in [-0.4, -0.2) is 40.0 Å². The van der Waals surface area contributed by atoms with E-state index in [9.17, 15) is 9.59 Å². The minimum absolute atomic E-state index is 0.0333. The van der Waals surface area contributed by atoms with Crippen molar-refractivity contribution in [2.45, 2.75) is 26.2 Å². The summed E-state index contributed by atoms with van der Waals surface area (Å²) in [6, 6.07) is 1.63. The fraction of sp³-hybridized carbons (Fsp3) is 0.615. The van der Waals surface area contributed by atoms with Crippen molar-refractivity contribution in [2.24, 2.45) is 13.0 Å². The number of rotatable bonds is 8. The summed E-state index contributed by atoms with van der Waals surface area (Å²) in [5.41, 5.74) is 0.921. The van der Waals surface area contributed by atoms with E-state index in [1.165, 1.54) is 0 Å². The summed E-state index contributed by atoms with van der Waals surface area (Å²) in [5.74, 6) is -0.872. The van der Waals surface area contributed by atoms with Gasteiger partial charge in [-0.15, -0.1) is 0 Å². The first-order valence-electron chi connectivity index (χ1n) is 6.73. The lowest BCUT2D eigenvalue weighted by Crippen LogP contribution is -2.39. The van der Waals surface area contributed by atoms with Crippen molar-refractivity contribution in [3.8, 4) is 0 Å². The maximum Gasteiger partial charge on any atom is 0.314 e. The molecule has 1 atom stereocenters. The van der Waals surface area contributed by atoms with Gasteiger partial charge in [0.1, 0.15) is 0 Å². The normalized spacial score (nSPS) is 11.9. The largest absolute Gasteiger partial charge is 0.481 e. The molecule has 0 fully saturated rings. The molecule has 1 heterocycles. The molecule has 1 aromatic heterocycles. The first kappa shape index (κ1) is 16.0. The number of nitrogens with one attached hydrogen (secondary N) is 2. The monoisotopic (exact) mass is 282 g/mol. The summed E-state index contributed by atoms with van der Waals surface area (Å²) in [5, 5.41) is 18.3. The van der Waals surface area contributed by atoms with Crippen LogP contribution in [0.5, 0.6) is 0 Å². The first-order valence-corrected chi connectivity index (χ1v) is 6.73. The molecule has 0 aromatic carbocycles. The zero-order valence-electron chi connectivity index (χ0n) is 11.9. The molecule has 0 aliphatic rings. The number of amides is 2. The number of carbonyl (C=O) groups is 2. The summed E-state index contributed by atoms with van der Waals surface area (Å²) in [6.45, 7) is 2.78. The minimum atomic E-state index is -0.839. The van der Waals surface area contributed by atoms with Crippen LogP contribution in [0.15, 0.2) is 12.3 Å². The lowest BCUT2D eigenvalue weighted by atomic mass is 10.0. The predicted octanol–water partition coefficient (Wildman–Crippen LogP) is 0.763. The van der Waals surface area contributed by atoms with E-state index in [4.69, 9.17) is 5.11 Å². The standard InChI is InChI=1S/C13H22N4O3/c1-3-10(8-12(18)19)9-15-13(20)14-6-4-11-5-7-17(2)16-11/h5,7,10H,3-4,6,8-9H2,1-2H3,(H,18,19)(H2,14,15,20). The molecule has 1 unspecified atom stereocenters. The number of aliphatic carboxylic acids is 1. The number of hydrogen-bond donors (Lipinski definition) is 3. The molecule has 112 valence electrons. The maximum absolute atomic E-state index is 11.5. The average molecular weight is 282 g/mol. The Bertz CT molecular complexity index is 445. The highest BCUT2D eigenvalue weighted by molar-refractivity contribution is 5.74. The van der Waals surface area contributed by atoms with E-state index in [-0.39, 0.29) is 18.4 Å². The molecular formula is C13H22N4O3. The number of carbonyl (C=O) groups excluding carboxylic acids is 1. The third-order valence-electron chi connectivity index (χ3n) is 3.03. The Morgan fingerprint density at radius 3 is 2.75 bits per heavy atom. The molecule has 0 bridgehead atoms. The molecule has 3 N–H and O–H groups in total. The average Bonchev–Trinajstić information content (AvgIpc) is 2.80. The number of nitrogens with zero attached hydrogens (tertiary/aromatic N) is 2. The van der Waals surface area contributed by atoms with Crippen molar-refractivity contribution in [3.05, 3.63) is 18.0 Å². The Kier molecular flexibility index (Phi) is 6.55. The molecule has 0 saturated heterocycles. The second-order valence-electron chi connectivity index (χ2n) is 4.74. The van der Waals surface area contributed by atoms with Gasteiger partial charge in [-0.2, -0.15) is 5.10 Å². The summed E-state index contributed by atoms with van der Waals surface area (Å²) >= 11 is 0. The van der Waals surface area contributed by atoms with Crippen molar-refractivity contribution >= 4 is 12.0 Å². The van der Waals surface area contributed by atoms with Gasteiger partial charge in [0.25, 0.3) is 0 Å². The Morgan fingerprint density at radius 1 is 1.45 bits per heavy atom. The van der Waals surface area contributed by atoms with Crippen LogP contribution < -0.4 is 10.6 Å². The van der Waals surface area contributed by atoms with Crippen molar-refractivity contribution < 1.29 is 14.7 Å². The van der Waals surface area contributed by atoms with Crippen LogP contribution in [0.3, 0.4) is 0 Å². The van der Waals surface area contributed by atoms with E-state index >= 15 is 0 Å². The Labute approximate surface area is 118 Å². The summed E-state index contributed by atoms with van der Waals surface area (Å²) < 4.78 is 1.72. The summed E-state index contributed by atoms with van der Waals surface area (Å²) in [6.07, 6.45) is 3.32. The lowest BCUT2D eigenvalue weighted by Gasteiger charge is -2.13. The number of aromatic nitrogens is 2. The van der Waals surface area contributed by atoms with E-state index in [0.29, 0.717) is 19.5 Å². The van der Waals surface area contributed by atoms with Gasteiger partial charge in [-0.25, -0.2) is 4.79 Å².